The Bertz CT molecular complexity index is 2940. The quantitative estimate of drug-likeness (QED) is 0.0350. The average Bonchev–Trinajstić information content (AvgIpc) is 3.78. The van der Waals surface area contributed by atoms with Gasteiger partial charge in [0.2, 0.25) is 5.69 Å². The van der Waals surface area contributed by atoms with Gasteiger partial charge < -0.3 is 14.3 Å². The first-order valence-electron chi connectivity index (χ1n) is 22.1. The van der Waals surface area contributed by atoms with Gasteiger partial charge >= 0.3 is 35.5 Å². The molecule has 0 bridgehead atoms. The number of benzene rings is 2. The minimum atomic E-state index is -4.80. The van der Waals surface area contributed by atoms with Gasteiger partial charge in [0.15, 0.2) is 5.71 Å². The summed E-state index contributed by atoms with van der Waals surface area (Å²) in [5, 5.41) is 0.999. The molecule has 0 radical (unpaired) electrons. The predicted octanol–water partition coefficient (Wildman–Crippen LogP) is 6.26. The number of imide groups is 1. The van der Waals surface area contributed by atoms with Crippen LogP contribution in [0.5, 0.6) is 0 Å². The van der Waals surface area contributed by atoms with Crippen molar-refractivity contribution in [2.45, 2.75) is 102 Å². The van der Waals surface area contributed by atoms with Crippen LogP contribution in [0.15, 0.2) is 105 Å². The standard InChI is InChI=1S/C47H55ClN4O13S3.Na.H/c1-46(2)38-29-35(48)31-50(24-7-9-26-66(56,57)58)45(38)49-40(46)20-16-33(34-14-11-13-32(28-34)12-5-6-15-44(55)65-52-42(53)22-23-43(52)54)17-21-41-47(3,4)37-30-36(68(62,63)64)18-19-39(37)51(41)25-8-10-27-67(59,60)61;;/h11,13-14,16-21,28-31H,5-10,12,15,22-27H2,1-4H3,(H2-,56,57,58,59,60,61,62,63,64);;. The summed E-state index contributed by atoms with van der Waals surface area (Å²) in [7, 11) is -13.1. The summed E-state index contributed by atoms with van der Waals surface area (Å²) < 4.78 is 103. The van der Waals surface area contributed by atoms with E-state index in [9.17, 15) is 53.3 Å². The summed E-state index contributed by atoms with van der Waals surface area (Å²) in [6.45, 7) is 8.51. The number of amides is 2. The molecule has 6 rings (SSSR count). The molecule has 4 heterocycles. The molecule has 1 saturated heterocycles. The van der Waals surface area contributed by atoms with Crippen LogP contribution < -0.4 is 0 Å². The van der Waals surface area contributed by atoms with Gasteiger partial charge in [-0.15, -0.1) is 5.06 Å². The Morgan fingerprint density at radius 3 is 2.22 bits per heavy atom. The number of allylic oxidation sites excluding steroid dienone is 8. The van der Waals surface area contributed by atoms with E-state index in [0.29, 0.717) is 78.1 Å². The summed E-state index contributed by atoms with van der Waals surface area (Å²) in [6.07, 6.45) is 14.0. The minimum absolute atomic E-state index is 0. The second-order valence-electron chi connectivity index (χ2n) is 18.1. The van der Waals surface area contributed by atoms with E-state index in [0.717, 1.165) is 28.0 Å². The molecule has 4 aliphatic heterocycles. The number of aliphatic imine (C=N–C) groups is 1. The first kappa shape index (κ1) is 55.8. The summed E-state index contributed by atoms with van der Waals surface area (Å²) >= 11 is 6.60. The van der Waals surface area contributed by atoms with E-state index in [1.807, 2.05) is 91.8 Å². The third-order valence-corrected chi connectivity index (χ3v) is 14.9. The zero-order chi connectivity index (χ0) is 49.8. The SMILES string of the molecule is CC1(C)C(=CC=C(C=CC2=[N+](CCCCS(=O)(=O)O)c3ccc(S(=O)(=O)[O-])cc3C2(C)C)c2cccc(CCCCC(=O)ON3C(=O)CCC3=O)c2)N=C2C1=CC(Cl)=CN2CCCCS(=O)(=O)O.[NaH]. The van der Waals surface area contributed by atoms with Gasteiger partial charge in [-0.3, -0.25) is 18.7 Å². The molecule has 4 aliphatic rings. The van der Waals surface area contributed by atoms with Gasteiger partial charge in [-0.25, -0.2) is 18.2 Å². The fourth-order valence-electron chi connectivity index (χ4n) is 8.56. The molecule has 0 unspecified atom stereocenters. The molecule has 69 heavy (non-hydrogen) atoms. The van der Waals surface area contributed by atoms with Crippen LogP contribution in [0.4, 0.5) is 5.69 Å². The van der Waals surface area contributed by atoms with E-state index in [4.69, 9.17) is 21.4 Å². The molecule has 2 aromatic rings. The maximum absolute atomic E-state index is 12.5. The van der Waals surface area contributed by atoms with Crippen LogP contribution in [0.3, 0.4) is 0 Å². The molecule has 17 nitrogen and oxygen atoms in total. The average molecular weight is 1040 g/mol. The Labute approximate surface area is 430 Å². The number of aryl methyl sites for hydroxylation is 1. The number of unbranched alkanes of at least 4 members (excludes halogenated alkanes) is 3. The fourth-order valence-corrected chi connectivity index (χ4v) is 10.4. The second kappa shape index (κ2) is 22.5. The summed E-state index contributed by atoms with van der Waals surface area (Å²) in [6, 6.07) is 12.0. The van der Waals surface area contributed by atoms with E-state index in [-0.39, 0.29) is 72.3 Å². The van der Waals surface area contributed by atoms with Gasteiger partial charge in [-0.2, -0.15) is 21.4 Å². The number of halogens is 1. The van der Waals surface area contributed by atoms with Crippen LogP contribution in [0, 0.1) is 5.41 Å². The first-order chi connectivity index (χ1) is 31.7. The van der Waals surface area contributed by atoms with Crippen molar-refractivity contribution in [3.8, 4) is 0 Å². The van der Waals surface area contributed by atoms with Crippen molar-refractivity contribution in [2.24, 2.45) is 10.4 Å². The van der Waals surface area contributed by atoms with Gasteiger partial charge in [-0.05, 0) is 99.4 Å². The Morgan fingerprint density at radius 1 is 0.899 bits per heavy atom. The predicted molar refractivity (Wildman–Crippen MR) is 262 cm³/mol. The van der Waals surface area contributed by atoms with Crippen LogP contribution in [-0.4, -0.2) is 137 Å². The Hall–Kier alpha value is -4.09. The fraction of sp³-hybridized carbons (Fsp3) is 0.426. The molecule has 0 spiro atoms. The number of rotatable bonds is 21. The molecule has 2 amide bonds. The topological polar surface area (TPSA) is 248 Å². The Balaban J connectivity index is 0.00000888. The van der Waals surface area contributed by atoms with Gasteiger partial charge in [0.25, 0.3) is 32.1 Å². The molecule has 2 aromatic carbocycles. The van der Waals surface area contributed by atoms with Crippen LogP contribution in [-0.2, 0) is 61.4 Å². The van der Waals surface area contributed by atoms with Crippen molar-refractivity contribution in [3.05, 3.63) is 112 Å². The van der Waals surface area contributed by atoms with Crippen LogP contribution in [0.1, 0.15) is 102 Å². The third kappa shape index (κ3) is 14.3. The monoisotopic (exact) mass is 1040 g/mol. The van der Waals surface area contributed by atoms with Crippen molar-refractivity contribution >= 4 is 112 Å². The maximum atomic E-state index is 12.5. The summed E-state index contributed by atoms with van der Waals surface area (Å²) in [5.74, 6) is -1.93. The number of hydrogen-bond acceptors (Lipinski definition) is 13. The first-order valence-corrected chi connectivity index (χ1v) is 27.1. The number of amidine groups is 1. The van der Waals surface area contributed by atoms with Crippen molar-refractivity contribution in [1.82, 2.24) is 9.96 Å². The molecule has 368 valence electrons. The number of carbonyl (C=O) groups excluding carboxylic acids is 3. The molecule has 0 aromatic heterocycles. The second-order valence-corrected chi connectivity index (χ2v) is 23.0. The van der Waals surface area contributed by atoms with Gasteiger partial charge in [0.05, 0.1) is 32.5 Å². The molecule has 1 fully saturated rings. The van der Waals surface area contributed by atoms with E-state index in [1.165, 1.54) is 12.1 Å². The Kier molecular flexibility index (Phi) is 18.2. The van der Waals surface area contributed by atoms with Crippen molar-refractivity contribution in [1.29, 1.82) is 0 Å². The van der Waals surface area contributed by atoms with Crippen LogP contribution >= 0.6 is 11.6 Å². The van der Waals surface area contributed by atoms with E-state index < -0.39 is 64.7 Å². The van der Waals surface area contributed by atoms with E-state index in [1.54, 1.807) is 12.3 Å². The molecule has 0 aliphatic carbocycles. The van der Waals surface area contributed by atoms with Crippen LogP contribution in [0.25, 0.3) is 5.57 Å². The Morgan fingerprint density at radius 2 is 1.57 bits per heavy atom. The van der Waals surface area contributed by atoms with E-state index >= 15 is 0 Å². The zero-order valence-electron chi connectivity index (χ0n) is 38.2. The molecular weight excluding hydrogens is 983 g/mol. The van der Waals surface area contributed by atoms with Crippen LogP contribution in [0.2, 0.25) is 0 Å². The third-order valence-electron chi connectivity index (χ3n) is 12.2. The van der Waals surface area contributed by atoms with Crippen molar-refractivity contribution in [2.75, 3.05) is 24.6 Å². The molecule has 0 atom stereocenters. The molecule has 22 heteroatoms. The number of nitrogens with zero attached hydrogens (tertiary/aromatic N) is 4. The molecule has 0 saturated carbocycles. The summed E-state index contributed by atoms with van der Waals surface area (Å²) in [4.78, 5) is 47.8. The van der Waals surface area contributed by atoms with Crippen molar-refractivity contribution < 1.29 is 62.7 Å². The number of hydroxylamine groups is 2. The number of fused-ring (bicyclic) bond motifs is 2. The number of hydrogen-bond donors (Lipinski definition) is 2. The zero-order valence-corrected chi connectivity index (χ0v) is 41.4. The summed E-state index contributed by atoms with van der Waals surface area (Å²) in [5.41, 5.74) is 4.49. The van der Waals surface area contributed by atoms with Crippen molar-refractivity contribution in [3.63, 3.8) is 0 Å². The van der Waals surface area contributed by atoms with Gasteiger partial charge in [0, 0.05) is 67.1 Å². The van der Waals surface area contributed by atoms with E-state index in [2.05, 4.69) is 0 Å². The normalized spacial score (nSPS) is 18.6. The van der Waals surface area contributed by atoms with Gasteiger partial charge in [0.1, 0.15) is 22.5 Å². The molecule has 2 N–H and O–H groups in total. The number of carbonyl (C=O) groups is 3. The van der Waals surface area contributed by atoms with Gasteiger partial charge in [-0.1, -0.05) is 55.8 Å². The molecular formula is C47H56ClN4NaO13S3.